The highest BCUT2D eigenvalue weighted by Gasteiger charge is 2.18. The van der Waals surface area contributed by atoms with Gasteiger partial charge in [0.1, 0.15) is 12.2 Å². The molecule has 4 rings (SSSR count). The van der Waals surface area contributed by atoms with Crippen LogP contribution in [0.4, 0.5) is 0 Å². The third kappa shape index (κ3) is 2.99. The van der Waals surface area contributed by atoms with Crippen molar-refractivity contribution in [2.24, 2.45) is 5.92 Å². The minimum Gasteiger partial charge on any atom is -0.317 e. The van der Waals surface area contributed by atoms with E-state index in [9.17, 15) is 0 Å². The molecule has 4 heterocycles. The maximum Gasteiger partial charge on any atom is 0.132 e. The summed E-state index contributed by atoms with van der Waals surface area (Å²) in [5, 5.41) is 16.1. The van der Waals surface area contributed by atoms with Crippen LogP contribution in [-0.2, 0) is 19.5 Å². The number of nitrogens with one attached hydrogen (secondary N) is 1. The highest BCUT2D eigenvalue weighted by Crippen LogP contribution is 2.29. The lowest BCUT2D eigenvalue weighted by Crippen LogP contribution is -2.29. The van der Waals surface area contributed by atoms with Gasteiger partial charge in [0.05, 0.1) is 0 Å². The van der Waals surface area contributed by atoms with Crippen LogP contribution in [0.5, 0.6) is 0 Å². The average Bonchev–Trinajstić information content (AvgIpc) is 3.28. The molecule has 0 radical (unpaired) electrons. The maximum atomic E-state index is 4.14. The summed E-state index contributed by atoms with van der Waals surface area (Å²) in [6.45, 7) is 3.06. The number of rotatable bonds is 5. The maximum absolute atomic E-state index is 4.14. The van der Waals surface area contributed by atoms with Gasteiger partial charge in [0, 0.05) is 41.4 Å². The second-order valence-corrected chi connectivity index (χ2v) is 7.66. The second-order valence-electron chi connectivity index (χ2n) is 5.71. The average molecular weight is 330 g/mol. The van der Waals surface area contributed by atoms with Crippen molar-refractivity contribution in [2.45, 2.75) is 25.9 Å². The van der Waals surface area contributed by atoms with Crippen molar-refractivity contribution in [3.05, 3.63) is 46.0 Å². The SMILES string of the molecule is c1csc(-c2csc(CNCC3CCc4nncn4C3)c2)c1. The van der Waals surface area contributed by atoms with E-state index in [1.807, 2.05) is 17.7 Å². The third-order valence-electron chi connectivity index (χ3n) is 4.12. The van der Waals surface area contributed by atoms with Gasteiger partial charge in [-0.05, 0) is 35.2 Å². The molecule has 0 aromatic carbocycles. The molecule has 22 heavy (non-hydrogen) atoms. The quantitative estimate of drug-likeness (QED) is 0.779. The molecular weight excluding hydrogens is 312 g/mol. The molecule has 114 valence electrons. The Morgan fingerprint density at radius 3 is 3.27 bits per heavy atom. The van der Waals surface area contributed by atoms with Gasteiger partial charge in [0.25, 0.3) is 0 Å². The molecule has 0 saturated heterocycles. The van der Waals surface area contributed by atoms with Crippen LogP contribution in [0.2, 0.25) is 0 Å². The van der Waals surface area contributed by atoms with E-state index in [1.165, 1.54) is 21.7 Å². The normalized spacial score (nSPS) is 17.5. The lowest BCUT2D eigenvalue weighted by atomic mass is 9.99. The molecule has 1 aliphatic heterocycles. The molecule has 3 aromatic rings. The molecule has 1 atom stereocenters. The topological polar surface area (TPSA) is 42.7 Å². The predicted octanol–water partition coefficient (Wildman–Crippen LogP) is 3.42. The lowest BCUT2D eigenvalue weighted by Gasteiger charge is -2.23. The van der Waals surface area contributed by atoms with Crippen molar-refractivity contribution >= 4 is 22.7 Å². The zero-order chi connectivity index (χ0) is 14.8. The van der Waals surface area contributed by atoms with Crippen molar-refractivity contribution in [1.82, 2.24) is 20.1 Å². The Morgan fingerprint density at radius 1 is 1.36 bits per heavy atom. The summed E-state index contributed by atoms with van der Waals surface area (Å²) in [5.41, 5.74) is 1.35. The van der Waals surface area contributed by atoms with Gasteiger partial charge in [-0.1, -0.05) is 6.07 Å². The van der Waals surface area contributed by atoms with E-state index in [0.29, 0.717) is 5.92 Å². The van der Waals surface area contributed by atoms with E-state index in [4.69, 9.17) is 0 Å². The van der Waals surface area contributed by atoms with Crippen molar-refractivity contribution in [3.8, 4) is 10.4 Å². The van der Waals surface area contributed by atoms with Crippen LogP contribution in [0.1, 0.15) is 17.1 Å². The summed E-state index contributed by atoms with van der Waals surface area (Å²) in [7, 11) is 0. The fourth-order valence-electron chi connectivity index (χ4n) is 2.94. The van der Waals surface area contributed by atoms with Gasteiger partial charge < -0.3 is 9.88 Å². The Morgan fingerprint density at radius 2 is 2.36 bits per heavy atom. The van der Waals surface area contributed by atoms with E-state index >= 15 is 0 Å². The smallest absolute Gasteiger partial charge is 0.132 e. The third-order valence-corrected chi connectivity index (χ3v) is 5.97. The summed E-state index contributed by atoms with van der Waals surface area (Å²) in [6.07, 6.45) is 4.11. The van der Waals surface area contributed by atoms with Gasteiger partial charge >= 0.3 is 0 Å². The van der Waals surface area contributed by atoms with Crippen LogP contribution >= 0.6 is 22.7 Å². The largest absolute Gasteiger partial charge is 0.317 e. The minimum absolute atomic E-state index is 0.681. The molecule has 4 nitrogen and oxygen atoms in total. The van der Waals surface area contributed by atoms with Crippen molar-refractivity contribution in [2.75, 3.05) is 6.54 Å². The van der Waals surface area contributed by atoms with E-state index in [-0.39, 0.29) is 0 Å². The summed E-state index contributed by atoms with van der Waals surface area (Å²) in [5.74, 6) is 1.82. The Labute approximate surface area is 137 Å². The number of hydrogen-bond donors (Lipinski definition) is 1. The predicted molar refractivity (Wildman–Crippen MR) is 91.2 cm³/mol. The molecule has 0 bridgehead atoms. The van der Waals surface area contributed by atoms with E-state index in [1.54, 1.807) is 11.3 Å². The van der Waals surface area contributed by atoms with Gasteiger partial charge in [-0.15, -0.1) is 32.9 Å². The molecule has 0 amide bonds. The van der Waals surface area contributed by atoms with Crippen LogP contribution < -0.4 is 5.32 Å². The van der Waals surface area contributed by atoms with E-state index in [0.717, 1.165) is 31.9 Å². The van der Waals surface area contributed by atoms with E-state index < -0.39 is 0 Å². The van der Waals surface area contributed by atoms with Crippen LogP contribution in [0.3, 0.4) is 0 Å². The van der Waals surface area contributed by atoms with Gasteiger partial charge in [-0.3, -0.25) is 0 Å². The number of aromatic nitrogens is 3. The van der Waals surface area contributed by atoms with Crippen LogP contribution in [0.15, 0.2) is 35.3 Å². The molecule has 6 heteroatoms. The monoisotopic (exact) mass is 330 g/mol. The first-order valence-electron chi connectivity index (χ1n) is 7.57. The standard InChI is InChI=1S/C16H18N4S2/c1-2-15(21-5-1)13-6-14(22-10-13)8-17-7-12-3-4-16-19-18-11-20(16)9-12/h1-2,5-6,10-12,17H,3-4,7-9H2. The molecule has 0 fully saturated rings. The Bertz CT molecular complexity index is 729. The Balaban J connectivity index is 1.29. The van der Waals surface area contributed by atoms with Crippen LogP contribution in [0, 0.1) is 5.92 Å². The first-order valence-corrected chi connectivity index (χ1v) is 9.33. The zero-order valence-corrected chi connectivity index (χ0v) is 13.9. The van der Waals surface area contributed by atoms with E-state index in [2.05, 4.69) is 49.0 Å². The summed E-state index contributed by atoms with van der Waals surface area (Å²) >= 11 is 3.65. The van der Waals surface area contributed by atoms with Gasteiger partial charge in [-0.25, -0.2) is 0 Å². The first-order chi connectivity index (χ1) is 10.9. The summed E-state index contributed by atoms with van der Waals surface area (Å²) < 4.78 is 2.19. The molecule has 1 N–H and O–H groups in total. The van der Waals surface area contributed by atoms with Crippen molar-refractivity contribution < 1.29 is 0 Å². The van der Waals surface area contributed by atoms with Gasteiger partial charge in [0.2, 0.25) is 0 Å². The van der Waals surface area contributed by atoms with Gasteiger partial charge in [-0.2, -0.15) is 0 Å². The van der Waals surface area contributed by atoms with Gasteiger partial charge in [0.15, 0.2) is 0 Å². The Kier molecular flexibility index (Phi) is 4.05. The van der Waals surface area contributed by atoms with Crippen molar-refractivity contribution in [1.29, 1.82) is 0 Å². The molecule has 0 spiro atoms. The molecule has 0 aliphatic carbocycles. The summed E-state index contributed by atoms with van der Waals surface area (Å²) in [6, 6.07) is 6.60. The number of aryl methyl sites for hydroxylation is 1. The minimum atomic E-state index is 0.681. The van der Waals surface area contributed by atoms with Crippen LogP contribution in [0.25, 0.3) is 10.4 Å². The molecule has 1 aliphatic rings. The number of nitrogens with zero attached hydrogens (tertiary/aromatic N) is 3. The van der Waals surface area contributed by atoms with Crippen molar-refractivity contribution in [3.63, 3.8) is 0 Å². The molecule has 3 aromatic heterocycles. The fourth-order valence-corrected chi connectivity index (χ4v) is 4.58. The first kappa shape index (κ1) is 14.1. The zero-order valence-electron chi connectivity index (χ0n) is 12.2. The number of thiophene rings is 2. The highest BCUT2D eigenvalue weighted by atomic mass is 32.1. The molecule has 1 unspecified atom stereocenters. The second kappa shape index (κ2) is 6.32. The number of fused-ring (bicyclic) bond motifs is 1. The molecule has 0 saturated carbocycles. The lowest BCUT2D eigenvalue weighted by molar-refractivity contribution is 0.348. The fraction of sp³-hybridized carbons (Fsp3) is 0.375. The van der Waals surface area contributed by atoms with Crippen LogP contribution in [-0.4, -0.2) is 21.3 Å². The Hall–Kier alpha value is -1.50. The summed E-state index contributed by atoms with van der Waals surface area (Å²) in [4.78, 5) is 2.76. The number of hydrogen-bond acceptors (Lipinski definition) is 5. The molecular formula is C16H18N4S2. The highest BCUT2D eigenvalue weighted by molar-refractivity contribution is 7.14.